The molecule has 0 spiro atoms. The summed E-state index contributed by atoms with van der Waals surface area (Å²) in [4.78, 5) is 22.3. The Morgan fingerprint density at radius 1 is 1.08 bits per heavy atom. The van der Waals surface area contributed by atoms with Gasteiger partial charge in [-0.25, -0.2) is 10.2 Å². The number of benzene rings is 2. The van der Waals surface area contributed by atoms with Crippen LogP contribution < -0.4 is 14.9 Å². The summed E-state index contributed by atoms with van der Waals surface area (Å²) in [5, 5.41) is 13.0. The van der Waals surface area contributed by atoms with E-state index in [-0.39, 0.29) is 6.61 Å². The van der Waals surface area contributed by atoms with Crippen LogP contribution in [0.5, 0.6) is 11.5 Å². The van der Waals surface area contributed by atoms with Crippen molar-refractivity contribution >= 4 is 29.2 Å². The van der Waals surface area contributed by atoms with Crippen LogP contribution in [0.2, 0.25) is 5.02 Å². The third kappa shape index (κ3) is 6.10. The van der Waals surface area contributed by atoms with Crippen LogP contribution in [0.4, 0.5) is 0 Å². The van der Waals surface area contributed by atoms with Gasteiger partial charge in [-0.05, 0) is 48.9 Å². The highest BCUT2D eigenvalue weighted by molar-refractivity contribution is 6.32. The summed E-state index contributed by atoms with van der Waals surface area (Å²) in [6.45, 7) is 1.10. The lowest BCUT2D eigenvalue weighted by molar-refractivity contribution is -0.139. The minimum Gasteiger partial charge on any atom is -0.482 e. The Morgan fingerprint density at radius 3 is 2.42 bits per heavy atom. The molecule has 0 aliphatic carbocycles. The topological polar surface area (TPSA) is 97.2 Å². The Labute approximate surface area is 155 Å². The number of amides is 1. The van der Waals surface area contributed by atoms with Gasteiger partial charge in [0, 0.05) is 0 Å². The predicted molar refractivity (Wildman–Crippen MR) is 96.9 cm³/mol. The zero-order valence-corrected chi connectivity index (χ0v) is 14.7. The smallest absolute Gasteiger partial charge is 0.341 e. The molecule has 0 aliphatic rings. The zero-order valence-electron chi connectivity index (χ0n) is 13.9. The van der Waals surface area contributed by atoms with Gasteiger partial charge in [0.2, 0.25) is 0 Å². The van der Waals surface area contributed by atoms with Crippen molar-refractivity contribution in [3.05, 3.63) is 59.1 Å². The van der Waals surface area contributed by atoms with Gasteiger partial charge in [-0.1, -0.05) is 23.7 Å². The van der Waals surface area contributed by atoms with Crippen molar-refractivity contribution in [2.75, 3.05) is 13.2 Å². The normalized spacial score (nSPS) is 10.9. The third-order valence-electron chi connectivity index (χ3n) is 3.18. The summed E-state index contributed by atoms with van der Waals surface area (Å²) in [7, 11) is 0. The number of carboxylic acid groups (broad SMARTS) is 1. The Hall–Kier alpha value is -3.06. The number of halogens is 1. The first-order valence-electron chi connectivity index (χ1n) is 7.61. The highest BCUT2D eigenvalue weighted by Crippen LogP contribution is 2.22. The molecule has 2 aromatic rings. The molecule has 1 amide bonds. The Kier molecular flexibility index (Phi) is 6.99. The number of aliphatic carboxylic acids is 1. The van der Waals surface area contributed by atoms with E-state index in [1.165, 1.54) is 0 Å². The summed E-state index contributed by atoms with van der Waals surface area (Å²) in [5.74, 6) is -0.623. The van der Waals surface area contributed by atoms with E-state index >= 15 is 0 Å². The van der Waals surface area contributed by atoms with E-state index in [2.05, 4.69) is 10.5 Å². The number of para-hydroxylation sites is 1. The largest absolute Gasteiger partial charge is 0.482 e. The van der Waals surface area contributed by atoms with Crippen molar-refractivity contribution in [2.24, 2.45) is 5.10 Å². The van der Waals surface area contributed by atoms with Gasteiger partial charge in [0.15, 0.2) is 13.2 Å². The number of ether oxygens (including phenoxy) is 2. The molecule has 0 aromatic heterocycles. The molecule has 2 N–H and O–H groups in total. The second-order valence-corrected chi connectivity index (χ2v) is 5.57. The minimum atomic E-state index is -1.05. The molecule has 2 aromatic carbocycles. The van der Waals surface area contributed by atoms with Gasteiger partial charge in [0.25, 0.3) is 5.91 Å². The van der Waals surface area contributed by atoms with Crippen molar-refractivity contribution in [1.29, 1.82) is 0 Å². The maximum Gasteiger partial charge on any atom is 0.341 e. The lowest BCUT2D eigenvalue weighted by Gasteiger charge is -2.07. The molecular formula is C18H17ClN2O5. The van der Waals surface area contributed by atoms with Crippen molar-refractivity contribution in [1.82, 2.24) is 5.43 Å². The van der Waals surface area contributed by atoms with E-state index < -0.39 is 18.5 Å². The molecule has 0 saturated carbocycles. The molecule has 0 saturated heterocycles. The van der Waals surface area contributed by atoms with Crippen LogP contribution >= 0.6 is 11.6 Å². The first kappa shape index (κ1) is 19.3. The number of hydrazone groups is 1. The number of hydrogen-bond acceptors (Lipinski definition) is 5. The zero-order chi connectivity index (χ0) is 18.9. The fourth-order valence-corrected chi connectivity index (χ4v) is 2.08. The molecule has 0 heterocycles. The minimum absolute atomic E-state index is 0.220. The van der Waals surface area contributed by atoms with Crippen LogP contribution in [0.1, 0.15) is 12.5 Å². The lowest BCUT2D eigenvalue weighted by atomic mass is 10.1. The number of nitrogens with zero attached hydrogens (tertiary/aromatic N) is 1. The van der Waals surface area contributed by atoms with Crippen LogP contribution in [0.3, 0.4) is 0 Å². The summed E-state index contributed by atoms with van der Waals surface area (Å²) in [5.41, 5.74) is 3.72. The van der Waals surface area contributed by atoms with Crippen LogP contribution in [0, 0.1) is 0 Å². The molecule has 8 heteroatoms. The van der Waals surface area contributed by atoms with Crippen molar-refractivity contribution in [3.8, 4) is 11.5 Å². The number of rotatable bonds is 8. The summed E-state index contributed by atoms with van der Waals surface area (Å²) < 4.78 is 10.4. The molecule has 0 radical (unpaired) electrons. The maximum absolute atomic E-state index is 11.8. The Balaban J connectivity index is 1.85. The fourth-order valence-electron chi connectivity index (χ4n) is 1.89. The van der Waals surface area contributed by atoms with Crippen LogP contribution in [-0.4, -0.2) is 35.9 Å². The van der Waals surface area contributed by atoms with Gasteiger partial charge >= 0.3 is 5.97 Å². The molecule has 0 atom stereocenters. The van der Waals surface area contributed by atoms with E-state index in [4.69, 9.17) is 26.2 Å². The molecule has 0 fully saturated rings. The highest BCUT2D eigenvalue weighted by atomic mass is 35.5. The number of hydrogen-bond donors (Lipinski definition) is 2. The monoisotopic (exact) mass is 376 g/mol. The molecule has 136 valence electrons. The first-order valence-corrected chi connectivity index (χ1v) is 7.99. The Bertz CT molecular complexity index is 805. The second-order valence-electron chi connectivity index (χ2n) is 5.16. The molecule has 0 unspecified atom stereocenters. The van der Waals surface area contributed by atoms with E-state index in [0.717, 1.165) is 5.56 Å². The first-order chi connectivity index (χ1) is 12.5. The Morgan fingerprint density at radius 2 is 1.77 bits per heavy atom. The van der Waals surface area contributed by atoms with E-state index in [1.807, 2.05) is 0 Å². The van der Waals surface area contributed by atoms with E-state index in [0.29, 0.717) is 22.2 Å². The molecule has 26 heavy (non-hydrogen) atoms. The standard InChI is InChI=1S/C18H17ClN2O5/c1-12(13-6-8-14(9-7-13)25-11-18(23)24)20-21-17(22)10-26-16-5-3-2-4-15(16)19/h2-9H,10-11H2,1H3,(H,21,22)(H,23,24)/b20-12-. The maximum atomic E-state index is 11.8. The van der Waals surface area contributed by atoms with Gasteiger partial charge in [0.1, 0.15) is 11.5 Å². The molecule has 2 rings (SSSR count). The average Bonchev–Trinajstić information content (AvgIpc) is 2.64. The van der Waals surface area contributed by atoms with E-state index in [1.54, 1.807) is 55.5 Å². The average molecular weight is 377 g/mol. The molecule has 0 bridgehead atoms. The fraction of sp³-hybridized carbons (Fsp3) is 0.167. The van der Waals surface area contributed by atoms with Gasteiger partial charge < -0.3 is 14.6 Å². The second kappa shape index (κ2) is 9.43. The van der Waals surface area contributed by atoms with Gasteiger partial charge in [-0.15, -0.1) is 0 Å². The molecular weight excluding hydrogens is 360 g/mol. The number of carbonyl (C=O) groups excluding carboxylic acids is 1. The van der Waals surface area contributed by atoms with Gasteiger partial charge in [-0.2, -0.15) is 5.10 Å². The number of nitrogens with one attached hydrogen (secondary N) is 1. The third-order valence-corrected chi connectivity index (χ3v) is 3.49. The van der Waals surface area contributed by atoms with Crippen molar-refractivity contribution < 1.29 is 24.2 Å². The van der Waals surface area contributed by atoms with Crippen LogP contribution in [-0.2, 0) is 9.59 Å². The van der Waals surface area contributed by atoms with E-state index in [9.17, 15) is 9.59 Å². The summed E-state index contributed by atoms with van der Waals surface area (Å²) >= 11 is 5.94. The van der Waals surface area contributed by atoms with Crippen LogP contribution in [0.25, 0.3) is 0 Å². The van der Waals surface area contributed by atoms with Crippen LogP contribution in [0.15, 0.2) is 53.6 Å². The predicted octanol–water partition coefficient (Wildman–Crippen LogP) is 2.72. The lowest BCUT2D eigenvalue weighted by Crippen LogP contribution is -2.25. The molecule has 7 nitrogen and oxygen atoms in total. The van der Waals surface area contributed by atoms with Gasteiger partial charge in [0.05, 0.1) is 10.7 Å². The number of carboxylic acids is 1. The summed E-state index contributed by atoms with van der Waals surface area (Å²) in [6, 6.07) is 13.5. The highest BCUT2D eigenvalue weighted by Gasteiger charge is 2.06. The van der Waals surface area contributed by atoms with Crippen molar-refractivity contribution in [2.45, 2.75) is 6.92 Å². The number of carbonyl (C=O) groups is 2. The summed E-state index contributed by atoms with van der Waals surface area (Å²) in [6.07, 6.45) is 0. The quantitative estimate of drug-likeness (QED) is 0.545. The SMILES string of the molecule is C/C(=N/NC(=O)COc1ccccc1Cl)c1ccc(OCC(=O)O)cc1. The van der Waals surface area contributed by atoms with Gasteiger partial charge in [-0.3, -0.25) is 4.79 Å². The van der Waals surface area contributed by atoms with Crippen molar-refractivity contribution in [3.63, 3.8) is 0 Å². The molecule has 0 aliphatic heterocycles.